The van der Waals surface area contributed by atoms with E-state index in [1.807, 2.05) is 0 Å². The number of likely N-dealkylation sites (tertiary alicyclic amines) is 2. The fourth-order valence-electron chi connectivity index (χ4n) is 3.20. The van der Waals surface area contributed by atoms with Crippen molar-refractivity contribution in [2.45, 2.75) is 32.8 Å². The first-order valence-corrected chi connectivity index (χ1v) is 6.72. The fourth-order valence-corrected chi connectivity index (χ4v) is 3.20. The molecule has 0 saturated carbocycles. The molecule has 1 amide bonds. The molecule has 2 aliphatic rings. The van der Waals surface area contributed by atoms with Crippen LogP contribution < -0.4 is 0 Å². The van der Waals surface area contributed by atoms with E-state index < -0.39 is 6.10 Å². The molecule has 3 atom stereocenters. The summed E-state index contributed by atoms with van der Waals surface area (Å²) in [5.74, 6) is 1.63. The number of aliphatic hydroxyl groups is 1. The molecule has 0 radical (unpaired) electrons. The van der Waals surface area contributed by atoms with Crippen LogP contribution in [-0.2, 0) is 4.79 Å². The van der Waals surface area contributed by atoms with Gasteiger partial charge in [0.1, 0.15) is 0 Å². The molecule has 2 fully saturated rings. The summed E-state index contributed by atoms with van der Waals surface area (Å²) in [6.45, 7) is 9.14. The zero-order chi connectivity index (χ0) is 12.4. The number of carbonyl (C=O) groups excluding carboxylic acids is 1. The van der Waals surface area contributed by atoms with Gasteiger partial charge in [0.15, 0.2) is 0 Å². The Morgan fingerprint density at radius 3 is 2.35 bits per heavy atom. The standard InChI is InChI=1S/C13H24N2O2/c1-10-5-11(2)8-14(7-10)3-4-15-9-12(16)6-13(15)17/h10-12,16H,3-9H2,1-2H3. The monoisotopic (exact) mass is 240 g/mol. The van der Waals surface area contributed by atoms with E-state index in [-0.39, 0.29) is 5.91 Å². The summed E-state index contributed by atoms with van der Waals surface area (Å²) in [5, 5.41) is 9.41. The number of piperidine rings is 1. The average molecular weight is 240 g/mol. The lowest BCUT2D eigenvalue weighted by Gasteiger charge is -2.35. The fraction of sp³-hybridized carbons (Fsp3) is 0.923. The van der Waals surface area contributed by atoms with Gasteiger partial charge in [0.25, 0.3) is 0 Å². The second-order valence-corrected chi connectivity index (χ2v) is 5.90. The minimum atomic E-state index is -0.443. The Labute approximate surface area is 104 Å². The molecule has 0 aliphatic carbocycles. The smallest absolute Gasteiger partial charge is 0.225 e. The van der Waals surface area contributed by atoms with Crippen molar-refractivity contribution in [2.75, 3.05) is 32.7 Å². The van der Waals surface area contributed by atoms with Gasteiger partial charge < -0.3 is 14.9 Å². The van der Waals surface area contributed by atoms with Crippen LogP contribution in [0.1, 0.15) is 26.7 Å². The molecule has 2 saturated heterocycles. The van der Waals surface area contributed by atoms with Gasteiger partial charge in [0.2, 0.25) is 5.91 Å². The molecule has 17 heavy (non-hydrogen) atoms. The Balaban J connectivity index is 1.76. The summed E-state index contributed by atoms with van der Waals surface area (Å²) < 4.78 is 0. The van der Waals surface area contributed by atoms with E-state index in [1.54, 1.807) is 4.90 Å². The maximum absolute atomic E-state index is 11.5. The highest BCUT2D eigenvalue weighted by Crippen LogP contribution is 2.21. The van der Waals surface area contributed by atoms with E-state index in [9.17, 15) is 9.90 Å². The lowest BCUT2D eigenvalue weighted by Crippen LogP contribution is -2.43. The van der Waals surface area contributed by atoms with Crippen molar-refractivity contribution in [2.24, 2.45) is 11.8 Å². The summed E-state index contributed by atoms with van der Waals surface area (Å²) in [6, 6.07) is 0. The van der Waals surface area contributed by atoms with Crippen molar-refractivity contribution in [3.8, 4) is 0 Å². The maximum Gasteiger partial charge on any atom is 0.225 e. The number of carbonyl (C=O) groups is 1. The van der Waals surface area contributed by atoms with Gasteiger partial charge >= 0.3 is 0 Å². The molecule has 0 bridgehead atoms. The van der Waals surface area contributed by atoms with Gasteiger partial charge in [-0.3, -0.25) is 4.79 Å². The first-order chi connectivity index (χ1) is 8.04. The lowest BCUT2D eigenvalue weighted by atomic mass is 9.92. The predicted molar refractivity (Wildman–Crippen MR) is 66.6 cm³/mol. The van der Waals surface area contributed by atoms with Crippen molar-refractivity contribution in [1.82, 2.24) is 9.80 Å². The average Bonchev–Trinajstić information content (AvgIpc) is 2.53. The number of hydrogen-bond acceptors (Lipinski definition) is 3. The molecule has 0 spiro atoms. The van der Waals surface area contributed by atoms with Crippen molar-refractivity contribution >= 4 is 5.91 Å². The van der Waals surface area contributed by atoms with E-state index in [0.29, 0.717) is 13.0 Å². The zero-order valence-electron chi connectivity index (χ0n) is 10.9. The zero-order valence-corrected chi connectivity index (χ0v) is 10.9. The summed E-state index contributed by atoms with van der Waals surface area (Å²) in [4.78, 5) is 15.8. The van der Waals surface area contributed by atoms with Crippen molar-refractivity contribution in [3.63, 3.8) is 0 Å². The lowest BCUT2D eigenvalue weighted by molar-refractivity contribution is -0.128. The van der Waals surface area contributed by atoms with Crippen LogP contribution in [0, 0.1) is 11.8 Å². The molecular weight excluding hydrogens is 216 g/mol. The minimum absolute atomic E-state index is 0.107. The molecule has 2 aliphatic heterocycles. The Morgan fingerprint density at radius 2 is 1.82 bits per heavy atom. The number of aliphatic hydroxyl groups excluding tert-OH is 1. The highest BCUT2D eigenvalue weighted by Gasteiger charge is 2.28. The first-order valence-electron chi connectivity index (χ1n) is 6.72. The largest absolute Gasteiger partial charge is 0.391 e. The Bertz CT molecular complexity index is 273. The number of rotatable bonds is 3. The Hall–Kier alpha value is -0.610. The molecule has 0 aromatic rings. The van der Waals surface area contributed by atoms with E-state index in [4.69, 9.17) is 0 Å². The minimum Gasteiger partial charge on any atom is -0.391 e. The molecule has 3 unspecified atom stereocenters. The van der Waals surface area contributed by atoms with E-state index >= 15 is 0 Å². The summed E-state index contributed by atoms with van der Waals surface area (Å²) in [5.41, 5.74) is 0. The van der Waals surface area contributed by atoms with Gasteiger partial charge in [-0.25, -0.2) is 0 Å². The second-order valence-electron chi connectivity index (χ2n) is 5.90. The second kappa shape index (κ2) is 5.36. The van der Waals surface area contributed by atoms with Crippen LogP contribution in [-0.4, -0.2) is 59.6 Å². The molecule has 2 heterocycles. The predicted octanol–water partition coefficient (Wildman–Crippen LogP) is 0.557. The Morgan fingerprint density at radius 1 is 1.18 bits per heavy atom. The van der Waals surface area contributed by atoms with Crippen molar-refractivity contribution < 1.29 is 9.90 Å². The quantitative estimate of drug-likeness (QED) is 0.784. The van der Waals surface area contributed by atoms with Crippen LogP contribution in [0.4, 0.5) is 0 Å². The maximum atomic E-state index is 11.5. The molecule has 2 rings (SSSR count). The summed E-state index contributed by atoms with van der Waals surface area (Å²) in [6.07, 6.45) is 1.19. The normalized spacial score (nSPS) is 35.6. The van der Waals surface area contributed by atoms with Gasteiger partial charge in [-0.05, 0) is 18.3 Å². The Kier molecular flexibility index (Phi) is 4.05. The summed E-state index contributed by atoms with van der Waals surface area (Å²) in [7, 11) is 0. The highest BCUT2D eigenvalue weighted by molar-refractivity contribution is 5.78. The molecule has 98 valence electrons. The van der Waals surface area contributed by atoms with Crippen molar-refractivity contribution in [1.29, 1.82) is 0 Å². The number of hydrogen-bond donors (Lipinski definition) is 1. The van der Waals surface area contributed by atoms with Crippen LogP contribution in [0.15, 0.2) is 0 Å². The first kappa shape index (κ1) is 12.8. The number of nitrogens with zero attached hydrogens (tertiary/aromatic N) is 2. The molecule has 0 aromatic heterocycles. The third-order valence-corrected chi connectivity index (χ3v) is 3.82. The van der Waals surface area contributed by atoms with Gasteiger partial charge in [0.05, 0.1) is 12.5 Å². The molecule has 4 heteroatoms. The van der Waals surface area contributed by atoms with Gasteiger partial charge in [0, 0.05) is 32.7 Å². The van der Waals surface area contributed by atoms with E-state index in [1.165, 1.54) is 6.42 Å². The van der Waals surface area contributed by atoms with Gasteiger partial charge in [-0.1, -0.05) is 13.8 Å². The highest BCUT2D eigenvalue weighted by atomic mass is 16.3. The third kappa shape index (κ3) is 3.42. The SMILES string of the molecule is CC1CC(C)CN(CCN2CC(O)CC2=O)C1. The molecular formula is C13H24N2O2. The van der Waals surface area contributed by atoms with Crippen LogP contribution in [0.25, 0.3) is 0 Å². The van der Waals surface area contributed by atoms with Gasteiger partial charge in [-0.2, -0.15) is 0 Å². The van der Waals surface area contributed by atoms with Gasteiger partial charge in [-0.15, -0.1) is 0 Å². The molecule has 0 aromatic carbocycles. The van der Waals surface area contributed by atoms with Crippen LogP contribution in [0.5, 0.6) is 0 Å². The van der Waals surface area contributed by atoms with Crippen LogP contribution in [0.3, 0.4) is 0 Å². The third-order valence-electron chi connectivity index (χ3n) is 3.82. The number of amides is 1. The van der Waals surface area contributed by atoms with Crippen LogP contribution >= 0.6 is 0 Å². The number of β-amino-alcohol motifs (C(OH)–C–C–N with tert-alkyl or cyclic N) is 1. The van der Waals surface area contributed by atoms with E-state index in [0.717, 1.165) is 38.0 Å². The van der Waals surface area contributed by atoms with Crippen LogP contribution in [0.2, 0.25) is 0 Å². The topological polar surface area (TPSA) is 43.8 Å². The molecule has 1 N–H and O–H groups in total. The summed E-state index contributed by atoms with van der Waals surface area (Å²) >= 11 is 0. The van der Waals surface area contributed by atoms with E-state index in [2.05, 4.69) is 18.7 Å². The molecule has 4 nitrogen and oxygen atoms in total. The van der Waals surface area contributed by atoms with Crippen molar-refractivity contribution in [3.05, 3.63) is 0 Å².